The predicted octanol–water partition coefficient (Wildman–Crippen LogP) is 3.98. The fourth-order valence-electron chi connectivity index (χ4n) is 1.71. The van der Waals surface area contributed by atoms with Crippen LogP contribution < -0.4 is 5.43 Å². The maximum Gasteiger partial charge on any atom is 0.244 e. The van der Waals surface area contributed by atoms with E-state index in [2.05, 4.69) is 26.5 Å². The van der Waals surface area contributed by atoms with Crippen LogP contribution in [0.4, 0.5) is 0 Å². The van der Waals surface area contributed by atoms with Crippen LogP contribution in [0.15, 0.2) is 51.4 Å². The van der Waals surface area contributed by atoms with Crippen molar-refractivity contribution < 1.29 is 4.79 Å². The van der Waals surface area contributed by atoms with Gasteiger partial charge in [0.2, 0.25) is 5.91 Å². The standard InChI is InChI=1S/C15H15BrN2OS/c1-2-13(14-4-3-9-20-14)17-18-15(19)10-11-5-7-12(16)8-6-11/h3-9H,2,10H2,1H3,(H,18,19). The molecule has 2 rings (SSSR count). The molecule has 104 valence electrons. The summed E-state index contributed by atoms with van der Waals surface area (Å²) < 4.78 is 1.01. The largest absolute Gasteiger partial charge is 0.273 e. The first-order chi connectivity index (χ1) is 9.69. The van der Waals surface area contributed by atoms with E-state index in [9.17, 15) is 4.79 Å². The van der Waals surface area contributed by atoms with Crippen LogP contribution in [0.3, 0.4) is 0 Å². The molecule has 0 aliphatic carbocycles. The van der Waals surface area contributed by atoms with Gasteiger partial charge < -0.3 is 0 Å². The minimum Gasteiger partial charge on any atom is -0.273 e. The Labute approximate surface area is 130 Å². The molecule has 0 radical (unpaired) electrons. The highest BCUT2D eigenvalue weighted by Crippen LogP contribution is 2.12. The van der Waals surface area contributed by atoms with Crippen molar-refractivity contribution in [2.45, 2.75) is 19.8 Å². The van der Waals surface area contributed by atoms with Crippen LogP contribution in [0.1, 0.15) is 23.8 Å². The van der Waals surface area contributed by atoms with Gasteiger partial charge in [-0.1, -0.05) is 41.1 Å². The van der Waals surface area contributed by atoms with E-state index < -0.39 is 0 Å². The van der Waals surface area contributed by atoms with Crippen molar-refractivity contribution in [1.29, 1.82) is 0 Å². The first kappa shape index (κ1) is 14.9. The molecule has 2 aromatic rings. The molecule has 0 unspecified atom stereocenters. The van der Waals surface area contributed by atoms with Crippen molar-refractivity contribution in [2.75, 3.05) is 0 Å². The summed E-state index contributed by atoms with van der Waals surface area (Å²) in [5, 5.41) is 6.22. The van der Waals surface area contributed by atoms with E-state index in [-0.39, 0.29) is 5.91 Å². The molecule has 0 atom stereocenters. The zero-order valence-electron chi connectivity index (χ0n) is 11.1. The van der Waals surface area contributed by atoms with Gasteiger partial charge in [0.1, 0.15) is 0 Å². The maximum atomic E-state index is 11.9. The van der Waals surface area contributed by atoms with Gasteiger partial charge in [-0.05, 0) is 35.6 Å². The molecular formula is C15H15BrN2OS. The van der Waals surface area contributed by atoms with Gasteiger partial charge in [0.25, 0.3) is 0 Å². The van der Waals surface area contributed by atoms with Gasteiger partial charge in [-0.15, -0.1) is 11.3 Å². The van der Waals surface area contributed by atoms with Crippen LogP contribution in [0.2, 0.25) is 0 Å². The highest BCUT2D eigenvalue weighted by molar-refractivity contribution is 9.10. The Morgan fingerprint density at radius 2 is 2.05 bits per heavy atom. The Balaban J connectivity index is 1.95. The molecule has 1 heterocycles. The Bertz CT molecular complexity index is 591. The number of amides is 1. The summed E-state index contributed by atoms with van der Waals surface area (Å²) in [5.41, 5.74) is 4.50. The van der Waals surface area contributed by atoms with E-state index in [4.69, 9.17) is 0 Å². The lowest BCUT2D eigenvalue weighted by Gasteiger charge is -2.03. The number of carbonyl (C=O) groups is 1. The predicted molar refractivity (Wildman–Crippen MR) is 87.1 cm³/mol. The number of rotatable bonds is 5. The van der Waals surface area contributed by atoms with Crippen molar-refractivity contribution in [1.82, 2.24) is 5.43 Å². The number of hydrazone groups is 1. The number of nitrogens with zero attached hydrogens (tertiary/aromatic N) is 1. The monoisotopic (exact) mass is 350 g/mol. The molecule has 5 heteroatoms. The normalized spacial score (nSPS) is 11.4. The average Bonchev–Trinajstić information content (AvgIpc) is 2.96. The summed E-state index contributed by atoms with van der Waals surface area (Å²) >= 11 is 5.00. The van der Waals surface area contributed by atoms with E-state index in [1.807, 2.05) is 48.7 Å². The van der Waals surface area contributed by atoms with Crippen molar-refractivity contribution in [3.63, 3.8) is 0 Å². The minimum absolute atomic E-state index is 0.102. The summed E-state index contributed by atoms with van der Waals surface area (Å²) in [6.45, 7) is 2.03. The zero-order chi connectivity index (χ0) is 14.4. The molecule has 3 nitrogen and oxygen atoms in total. The van der Waals surface area contributed by atoms with Crippen LogP contribution >= 0.6 is 27.3 Å². The summed E-state index contributed by atoms with van der Waals surface area (Å²) in [4.78, 5) is 13.0. The lowest BCUT2D eigenvalue weighted by atomic mass is 10.1. The van der Waals surface area contributed by atoms with E-state index >= 15 is 0 Å². The van der Waals surface area contributed by atoms with E-state index in [1.165, 1.54) is 0 Å². The van der Waals surface area contributed by atoms with E-state index in [0.717, 1.165) is 27.0 Å². The van der Waals surface area contributed by atoms with Gasteiger partial charge in [0, 0.05) is 4.47 Å². The van der Waals surface area contributed by atoms with Crippen LogP contribution in [0, 0.1) is 0 Å². The van der Waals surface area contributed by atoms with Crippen molar-refractivity contribution in [2.24, 2.45) is 5.10 Å². The lowest BCUT2D eigenvalue weighted by Crippen LogP contribution is -2.21. The number of carbonyl (C=O) groups excluding carboxylic acids is 1. The molecule has 1 aromatic carbocycles. The third-order valence-electron chi connectivity index (χ3n) is 2.73. The van der Waals surface area contributed by atoms with Gasteiger partial charge >= 0.3 is 0 Å². The number of hydrogen-bond acceptors (Lipinski definition) is 3. The fraction of sp³-hybridized carbons (Fsp3) is 0.200. The highest BCUT2D eigenvalue weighted by Gasteiger charge is 2.05. The van der Waals surface area contributed by atoms with Gasteiger partial charge in [0.15, 0.2) is 0 Å². The van der Waals surface area contributed by atoms with E-state index in [0.29, 0.717) is 6.42 Å². The second-order valence-electron chi connectivity index (χ2n) is 4.23. The second-order valence-corrected chi connectivity index (χ2v) is 6.09. The zero-order valence-corrected chi connectivity index (χ0v) is 13.5. The number of halogens is 1. The van der Waals surface area contributed by atoms with Crippen molar-refractivity contribution >= 4 is 38.9 Å². The second kappa shape index (κ2) is 7.36. The SMILES string of the molecule is CCC(=NNC(=O)Cc1ccc(Br)cc1)c1cccs1. The molecule has 0 saturated carbocycles. The molecule has 20 heavy (non-hydrogen) atoms. The smallest absolute Gasteiger partial charge is 0.244 e. The van der Waals surface area contributed by atoms with Crippen LogP contribution in [0.5, 0.6) is 0 Å². The molecule has 1 aromatic heterocycles. The van der Waals surface area contributed by atoms with E-state index in [1.54, 1.807) is 11.3 Å². The quantitative estimate of drug-likeness (QED) is 0.642. The first-order valence-corrected chi connectivity index (χ1v) is 8.00. The molecule has 0 fully saturated rings. The van der Waals surface area contributed by atoms with Crippen LogP contribution in [-0.2, 0) is 11.2 Å². The Kier molecular flexibility index (Phi) is 5.49. The molecule has 0 aliphatic rings. The van der Waals surface area contributed by atoms with Crippen molar-refractivity contribution in [3.8, 4) is 0 Å². The maximum absolute atomic E-state index is 11.9. The van der Waals surface area contributed by atoms with Gasteiger partial charge in [-0.2, -0.15) is 5.10 Å². The molecule has 0 spiro atoms. The molecule has 0 saturated heterocycles. The number of benzene rings is 1. The lowest BCUT2D eigenvalue weighted by molar-refractivity contribution is -0.120. The molecule has 0 bridgehead atoms. The Morgan fingerprint density at radius 3 is 2.65 bits per heavy atom. The number of nitrogens with one attached hydrogen (secondary N) is 1. The topological polar surface area (TPSA) is 41.5 Å². The van der Waals surface area contributed by atoms with Crippen LogP contribution in [-0.4, -0.2) is 11.6 Å². The number of thiophene rings is 1. The summed E-state index contributed by atoms with van der Waals surface area (Å²) in [6, 6.07) is 11.7. The molecule has 1 N–H and O–H groups in total. The Hall–Kier alpha value is -1.46. The molecule has 1 amide bonds. The Morgan fingerprint density at radius 1 is 1.30 bits per heavy atom. The third-order valence-corrected chi connectivity index (χ3v) is 4.18. The third kappa shape index (κ3) is 4.28. The highest BCUT2D eigenvalue weighted by atomic mass is 79.9. The van der Waals surface area contributed by atoms with Crippen molar-refractivity contribution in [3.05, 3.63) is 56.7 Å². The molecule has 0 aliphatic heterocycles. The van der Waals surface area contributed by atoms with Gasteiger partial charge in [-0.25, -0.2) is 5.43 Å². The average molecular weight is 351 g/mol. The molecular weight excluding hydrogens is 336 g/mol. The summed E-state index contributed by atoms with van der Waals surface area (Å²) in [5.74, 6) is -0.102. The van der Waals surface area contributed by atoms with Gasteiger partial charge in [0.05, 0.1) is 17.0 Å². The fourth-order valence-corrected chi connectivity index (χ4v) is 2.76. The first-order valence-electron chi connectivity index (χ1n) is 6.32. The van der Waals surface area contributed by atoms with Crippen LogP contribution in [0.25, 0.3) is 0 Å². The summed E-state index contributed by atoms with van der Waals surface area (Å²) in [7, 11) is 0. The minimum atomic E-state index is -0.102. The van der Waals surface area contributed by atoms with Gasteiger partial charge in [-0.3, -0.25) is 4.79 Å². The number of hydrogen-bond donors (Lipinski definition) is 1. The summed E-state index contributed by atoms with van der Waals surface area (Å²) in [6.07, 6.45) is 1.12.